The first kappa shape index (κ1) is 18.6. The first-order chi connectivity index (χ1) is 13.6. The summed E-state index contributed by atoms with van der Waals surface area (Å²) >= 11 is 0. The number of hydrogen-bond acceptors (Lipinski definition) is 1. The fourth-order valence-electron chi connectivity index (χ4n) is 8.07. The Morgan fingerprint density at radius 1 is 1.00 bits per heavy atom. The molecule has 6 rings (SSSR count). The van der Waals surface area contributed by atoms with Crippen molar-refractivity contribution in [2.24, 2.45) is 16.7 Å². The van der Waals surface area contributed by atoms with Crippen LogP contribution in [0.2, 0.25) is 0 Å². The maximum absolute atomic E-state index is 13.7. The van der Waals surface area contributed by atoms with Gasteiger partial charge in [-0.15, -0.1) is 0 Å². The summed E-state index contributed by atoms with van der Waals surface area (Å²) in [6.45, 7) is -0.252. The number of carbonyl (C=O) groups excluding carboxylic acids is 1. The molecule has 0 aromatic heterocycles. The second-order valence-electron chi connectivity index (χ2n) is 10.7. The highest BCUT2D eigenvalue weighted by Crippen LogP contribution is 2.71. The van der Waals surface area contributed by atoms with E-state index in [0.29, 0.717) is 24.3 Å². The van der Waals surface area contributed by atoms with Gasteiger partial charge in [0.05, 0.1) is 12.1 Å². The topological polar surface area (TPSA) is 29.1 Å². The number of hydrogen-bond donors (Lipinski definition) is 1. The van der Waals surface area contributed by atoms with Crippen LogP contribution >= 0.6 is 0 Å². The zero-order valence-corrected chi connectivity index (χ0v) is 17.0. The molecule has 5 aliphatic carbocycles. The molecule has 5 saturated carbocycles. The molecule has 4 atom stereocenters. The van der Waals surface area contributed by atoms with E-state index in [1.54, 1.807) is 0 Å². The summed E-state index contributed by atoms with van der Waals surface area (Å²) in [5.74, 6) is 0.868. The Labute approximate surface area is 168 Å². The van der Waals surface area contributed by atoms with Crippen molar-refractivity contribution in [3.8, 4) is 0 Å². The third kappa shape index (κ3) is 3.00. The Hall–Kier alpha value is -1.38. The minimum atomic E-state index is -0.276. The van der Waals surface area contributed by atoms with E-state index in [0.717, 1.165) is 44.9 Å². The van der Waals surface area contributed by atoms with Crippen LogP contribution in [0.5, 0.6) is 0 Å². The van der Waals surface area contributed by atoms with Crippen LogP contribution in [0, 0.1) is 16.7 Å². The SMILES string of the molecule is O=C(NC1CCCCC1)C12CC3C[C@@](CCF)(C1)C[C@](c1ccccc1)(C3)C2. The van der Waals surface area contributed by atoms with E-state index in [1.165, 1.54) is 31.2 Å². The predicted octanol–water partition coefficient (Wildman–Crippen LogP) is 5.70. The minimum Gasteiger partial charge on any atom is -0.353 e. The number of halogens is 1. The van der Waals surface area contributed by atoms with Gasteiger partial charge < -0.3 is 5.32 Å². The van der Waals surface area contributed by atoms with Crippen molar-refractivity contribution < 1.29 is 9.18 Å². The standard InChI is InChI=1S/C25H34FNO/c26-12-11-23-13-19-14-24(16-23,20-7-3-1-4-8-20)18-25(15-19,17-23)22(28)27-21-9-5-2-6-10-21/h1,3-4,7-8,19,21H,2,5-6,9-18H2,(H,27,28)/t19?,23-,24-,25?/m1/s1. The van der Waals surface area contributed by atoms with Gasteiger partial charge in [-0.05, 0) is 80.1 Å². The van der Waals surface area contributed by atoms with E-state index in [-0.39, 0.29) is 22.9 Å². The van der Waals surface area contributed by atoms with E-state index in [4.69, 9.17) is 0 Å². The summed E-state index contributed by atoms with van der Waals surface area (Å²) < 4.78 is 13.6. The summed E-state index contributed by atoms with van der Waals surface area (Å²) in [4.78, 5) is 13.7. The van der Waals surface area contributed by atoms with Gasteiger partial charge in [0.25, 0.3) is 0 Å². The van der Waals surface area contributed by atoms with E-state index < -0.39 is 0 Å². The van der Waals surface area contributed by atoms with Crippen LogP contribution in [0.3, 0.4) is 0 Å². The molecule has 0 radical (unpaired) electrons. The number of amides is 1. The molecule has 1 aromatic carbocycles. The summed E-state index contributed by atoms with van der Waals surface area (Å²) in [6.07, 6.45) is 13.0. The molecular weight excluding hydrogens is 349 g/mol. The van der Waals surface area contributed by atoms with E-state index in [9.17, 15) is 9.18 Å². The fourth-order valence-corrected chi connectivity index (χ4v) is 8.07. The summed E-state index contributed by atoms with van der Waals surface area (Å²) in [5, 5.41) is 3.47. The maximum Gasteiger partial charge on any atom is 0.226 e. The van der Waals surface area contributed by atoms with Gasteiger partial charge in [-0.2, -0.15) is 0 Å². The molecule has 5 fully saturated rings. The zero-order chi connectivity index (χ0) is 19.2. The van der Waals surface area contributed by atoms with E-state index >= 15 is 0 Å². The largest absolute Gasteiger partial charge is 0.353 e. The molecule has 5 aliphatic rings. The van der Waals surface area contributed by atoms with Crippen molar-refractivity contribution in [1.82, 2.24) is 5.32 Å². The molecule has 0 aliphatic heterocycles. The Morgan fingerprint density at radius 2 is 1.79 bits per heavy atom. The number of nitrogens with one attached hydrogen (secondary N) is 1. The smallest absolute Gasteiger partial charge is 0.226 e. The monoisotopic (exact) mass is 383 g/mol. The van der Waals surface area contributed by atoms with Crippen molar-refractivity contribution in [2.75, 3.05) is 6.67 Å². The molecular formula is C25H34FNO. The minimum absolute atomic E-state index is 0.0217. The molecule has 2 nitrogen and oxygen atoms in total. The Balaban J connectivity index is 1.49. The molecule has 0 saturated heterocycles. The number of carbonyl (C=O) groups is 1. The second-order valence-corrected chi connectivity index (χ2v) is 10.7. The number of rotatable bonds is 5. The van der Waals surface area contributed by atoms with Gasteiger partial charge >= 0.3 is 0 Å². The maximum atomic E-state index is 13.7. The number of alkyl halides is 1. The molecule has 152 valence electrons. The van der Waals surface area contributed by atoms with Crippen LogP contribution in [0.4, 0.5) is 4.39 Å². The lowest BCUT2D eigenvalue weighted by Crippen LogP contribution is -2.63. The van der Waals surface area contributed by atoms with Crippen LogP contribution in [-0.2, 0) is 10.2 Å². The van der Waals surface area contributed by atoms with Gasteiger partial charge in [-0.25, -0.2) is 0 Å². The van der Waals surface area contributed by atoms with E-state index in [1.807, 2.05) is 0 Å². The lowest BCUT2D eigenvalue weighted by atomic mass is 9.38. The van der Waals surface area contributed by atoms with E-state index in [2.05, 4.69) is 35.6 Å². The van der Waals surface area contributed by atoms with Crippen LogP contribution in [0.1, 0.15) is 82.6 Å². The normalized spacial score (nSPS) is 39.8. The zero-order valence-electron chi connectivity index (χ0n) is 17.0. The molecule has 1 N–H and O–H groups in total. The van der Waals surface area contributed by atoms with Crippen molar-refractivity contribution in [1.29, 1.82) is 0 Å². The van der Waals surface area contributed by atoms with Gasteiger partial charge in [0, 0.05) is 6.04 Å². The average molecular weight is 384 g/mol. The number of benzene rings is 1. The fraction of sp³-hybridized carbons (Fsp3) is 0.720. The Morgan fingerprint density at radius 3 is 2.54 bits per heavy atom. The van der Waals surface area contributed by atoms with Crippen molar-refractivity contribution in [3.63, 3.8) is 0 Å². The van der Waals surface area contributed by atoms with Gasteiger partial charge in [0.2, 0.25) is 5.91 Å². The van der Waals surface area contributed by atoms with Crippen molar-refractivity contribution in [2.45, 2.75) is 88.5 Å². The summed E-state index contributed by atoms with van der Waals surface area (Å²) in [6, 6.07) is 11.2. The highest BCUT2D eigenvalue weighted by Gasteiger charge is 2.65. The first-order valence-electron chi connectivity index (χ1n) is 11.5. The average Bonchev–Trinajstić information content (AvgIpc) is 2.68. The van der Waals surface area contributed by atoms with Gasteiger partial charge in [0.15, 0.2) is 0 Å². The summed E-state index contributed by atoms with van der Waals surface area (Å²) in [5.41, 5.74) is 1.20. The molecule has 2 unspecified atom stereocenters. The van der Waals surface area contributed by atoms with Crippen LogP contribution in [0.15, 0.2) is 30.3 Å². The quantitative estimate of drug-likeness (QED) is 0.694. The third-order valence-corrected chi connectivity index (χ3v) is 8.62. The Bertz CT molecular complexity index is 729. The predicted molar refractivity (Wildman–Crippen MR) is 110 cm³/mol. The second kappa shape index (κ2) is 6.85. The molecule has 28 heavy (non-hydrogen) atoms. The molecule has 3 heteroatoms. The van der Waals surface area contributed by atoms with Gasteiger partial charge in [-0.3, -0.25) is 9.18 Å². The van der Waals surface area contributed by atoms with Crippen molar-refractivity contribution >= 4 is 5.91 Å². The van der Waals surface area contributed by atoms with Gasteiger partial charge in [0.1, 0.15) is 0 Å². The van der Waals surface area contributed by atoms with Crippen molar-refractivity contribution in [3.05, 3.63) is 35.9 Å². The molecule has 1 amide bonds. The highest BCUT2D eigenvalue weighted by molar-refractivity contribution is 5.84. The van der Waals surface area contributed by atoms with Crippen LogP contribution < -0.4 is 5.32 Å². The molecule has 0 spiro atoms. The molecule has 1 aromatic rings. The van der Waals surface area contributed by atoms with Crippen LogP contribution in [0.25, 0.3) is 0 Å². The first-order valence-corrected chi connectivity index (χ1v) is 11.5. The Kier molecular flexibility index (Phi) is 4.56. The third-order valence-electron chi connectivity index (χ3n) is 8.62. The van der Waals surface area contributed by atoms with Gasteiger partial charge in [-0.1, -0.05) is 49.6 Å². The lowest BCUT2D eigenvalue weighted by molar-refractivity contribution is -0.165. The highest BCUT2D eigenvalue weighted by atomic mass is 19.1. The van der Waals surface area contributed by atoms with Crippen LogP contribution in [-0.4, -0.2) is 18.6 Å². The lowest BCUT2D eigenvalue weighted by Gasteiger charge is -2.66. The molecule has 0 heterocycles. The summed E-state index contributed by atoms with van der Waals surface area (Å²) in [7, 11) is 0. The molecule has 4 bridgehead atoms.